The number of methoxy groups -OCH3 is 3. The van der Waals surface area contributed by atoms with Gasteiger partial charge in [-0.3, -0.25) is 4.79 Å². The van der Waals surface area contributed by atoms with Crippen molar-refractivity contribution in [3.05, 3.63) is 23.8 Å². The first-order chi connectivity index (χ1) is 9.10. The van der Waals surface area contributed by atoms with Gasteiger partial charge in [0.1, 0.15) is 11.5 Å². The van der Waals surface area contributed by atoms with Gasteiger partial charge in [0.25, 0.3) is 0 Å². The minimum atomic E-state index is -0.0731. The maximum atomic E-state index is 11.9. The predicted octanol–water partition coefficient (Wildman–Crippen LogP) is 1.40. The quantitative estimate of drug-likeness (QED) is 0.811. The van der Waals surface area contributed by atoms with Crippen LogP contribution in [-0.4, -0.2) is 39.9 Å². The minimum absolute atomic E-state index is 0.0193. The third kappa shape index (κ3) is 4.79. The van der Waals surface area contributed by atoms with Crippen molar-refractivity contribution in [3.8, 4) is 11.5 Å². The van der Waals surface area contributed by atoms with Crippen LogP contribution in [0.25, 0.3) is 0 Å². The number of benzene rings is 1. The highest BCUT2D eigenvalue weighted by molar-refractivity contribution is 5.79. The predicted molar refractivity (Wildman–Crippen MR) is 72.7 cm³/mol. The molecule has 5 heteroatoms. The number of ether oxygens (including phenoxy) is 3. The summed E-state index contributed by atoms with van der Waals surface area (Å²) in [5, 5.41) is 2.86. The number of carbonyl (C=O) groups is 1. The molecule has 0 saturated heterocycles. The van der Waals surface area contributed by atoms with Gasteiger partial charge in [-0.25, -0.2) is 0 Å². The molecule has 0 radical (unpaired) electrons. The van der Waals surface area contributed by atoms with Gasteiger partial charge < -0.3 is 19.5 Å². The topological polar surface area (TPSA) is 56.8 Å². The van der Waals surface area contributed by atoms with Crippen molar-refractivity contribution in [3.63, 3.8) is 0 Å². The van der Waals surface area contributed by atoms with Crippen molar-refractivity contribution in [1.29, 1.82) is 0 Å². The van der Waals surface area contributed by atoms with Crippen molar-refractivity contribution in [2.24, 2.45) is 0 Å². The summed E-state index contributed by atoms with van der Waals surface area (Å²) < 4.78 is 15.4. The van der Waals surface area contributed by atoms with Gasteiger partial charge in [0.05, 0.1) is 27.2 Å². The average molecular weight is 267 g/mol. The minimum Gasteiger partial charge on any atom is -0.497 e. The van der Waals surface area contributed by atoms with Gasteiger partial charge in [-0.2, -0.15) is 0 Å². The number of rotatable bonds is 7. The Labute approximate surface area is 113 Å². The number of amides is 1. The first kappa shape index (κ1) is 15.3. The molecule has 19 heavy (non-hydrogen) atoms. The summed E-state index contributed by atoms with van der Waals surface area (Å²) in [5.41, 5.74) is 0.795. The number of nitrogens with one attached hydrogen (secondary N) is 1. The Morgan fingerprint density at radius 1 is 1.26 bits per heavy atom. The second kappa shape index (κ2) is 7.63. The highest BCUT2D eigenvalue weighted by Crippen LogP contribution is 2.24. The van der Waals surface area contributed by atoms with Gasteiger partial charge in [0, 0.05) is 18.7 Å². The smallest absolute Gasteiger partial charge is 0.224 e. The molecule has 1 rings (SSSR count). The van der Waals surface area contributed by atoms with Crippen molar-refractivity contribution in [1.82, 2.24) is 5.32 Å². The van der Waals surface area contributed by atoms with E-state index < -0.39 is 0 Å². The molecule has 0 unspecified atom stereocenters. The lowest BCUT2D eigenvalue weighted by atomic mass is 10.1. The van der Waals surface area contributed by atoms with Crippen molar-refractivity contribution >= 4 is 5.91 Å². The average Bonchev–Trinajstić information content (AvgIpc) is 2.38. The van der Waals surface area contributed by atoms with Crippen LogP contribution in [0.3, 0.4) is 0 Å². The Balaban J connectivity index is 2.71. The van der Waals surface area contributed by atoms with Gasteiger partial charge >= 0.3 is 0 Å². The Morgan fingerprint density at radius 3 is 2.58 bits per heavy atom. The summed E-state index contributed by atoms with van der Waals surface area (Å²) in [6.07, 6.45) is 0.244. The van der Waals surface area contributed by atoms with Gasteiger partial charge in [-0.1, -0.05) is 0 Å². The molecule has 0 aromatic heterocycles. The standard InChI is InChI=1S/C14H21NO4/c1-10(9-17-2)15-14(16)8-11-7-12(18-3)5-6-13(11)19-4/h5-7,10H,8-9H2,1-4H3,(H,15,16)/t10-/m0/s1. The Bertz CT molecular complexity index is 420. The lowest BCUT2D eigenvalue weighted by Gasteiger charge is -2.14. The van der Waals surface area contributed by atoms with Crippen LogP contribution in [0.15, 0.2) is 18.2 Å². The zero-order chi connectivity index (χ0) is 14.3. The van der Waals surface area contributed by atoms with Gasteiger partial charge in [-0.15, -0.1) is 0 Å². The molecule has 0 aliphatic carbocycles. The molecule has 0 aliphatic heterocycles. The summed E-state index contributed by atoms with van der Waals surface area (Å²) in [6, 6.07) is 5.38. The van der Waals surface area contributed by atoms with Crippen LogP contribution in [0.2, 0.25) is 0 Å². The molecule has 5 nitrogen and oxygen atoms in total. The molecule has 1 amide bonds. The molecule has 0 aliphatic rings. The van der Waals surface area contributed by atoms with Crippen molar-refractivity contribution < 1.29 is 19.0 Å². The number of hydrogen-bond donors (Lipinski definition) is 1. The number of hydrogen-bond acceptors (Lipinski definition) is 4. The monoisotopic (exact) mass is 267 g/mol. The van der Waals surface area contributed by atoms with Gasteiger partial charge in [0.15, 0.2) is 0 Å². The summed E-state index contributed by atoms with van der Waals surface area (Å²) in [5.74, 6) is 1.31. The Hall–Kier alpha value is -1.75. The maximum Gasteiger partial charge on any atom is 0.224 e. The molecule has 1 aromatic carbocycles. The zero-order valence-corrected chi connectivity index (χ0v) is 11.9. The van der Waals surface area contributed by atoms with E-state index in [0.29, 0.717) is 18.1 Å². The van der Waals surface area contributed by atoms with E-state index in [-0.39, 0.29) is 18.4 Å². The van der Waals surface area contributed by atoms with E-state index in [4.69, 9.17) is 14.2 Å². The van der Waals surface area contributed by atoms with Gasteiger partial charge in [0.2, 0.25) is 5.91 Å². The van der Waals surface area contributed by atoms with E-state index in [9.17, 15) is 4.79 Å². The normalized spacial score (nSPS) is 11.8. The second-order valence-corrected chi connectivity index (χ2v) is 4.28. The van der Waals surface area contributed by atoms with E-state index in [1.54, 1.807) is 39.5 Å². The zero-order valence-electron chi connectivity index (χ0n) is 11.9. The molecule has 0 spiro atoms. The highest BCUT2D eigenvalue weighted by Gasteiger charge is 2.12. The summed E-state index contributed by atoms with van der Waals surface area (Å²) in [7, 11) is 4.77. The fourth-order valence-corrected chi connectivity index (χ4v) is 1.81. The van der Waals surface area contributed by atoms with Crippen molar-refractivity contribution in [2.75, 3.05) is 27.9 Å². The fourth-order valence-electron chi connectivity index (χ4n) is 1.81. The molecule has 0 bridgehead atoms. The van der Waals surface area contributed by atoms with Crippen molar-refractivity contribution in [2.45, 2.75) is 19.4 Å². The van der Waals surface area contributed by atoms with E-state index in [0.717, 1.165) is 5.56 Å². The molecule has 1 N–H and O–H groups in total. The second-order valence-electron chi connectivity index (χ2n) is 4.28. The molecule has 0 fully saturated rings. The van der Waals surface area contributed by atoms with Crippen LogP contribution in [0, 0.1) is 0 Å². The number of carbonyl (C=O) groups excluding carboxylic acids is 1. The molecule has 1 aromatic rings. The molecular weight excluding hydrogens is 246 g/mol. The van der Waals surface area contributed by atoms with Crippen LogP contribution in [0.4, 0.5) is 0 Å². The third-order valence-corrected chi connectivity index (χ3v) is 2.66. The highest BCUT2D eigenvalue weighted by atomic mass is 16.5. The van der Waals surface area contributed by atoms with Crippen LogP contribution in [0.1, 0.15) is 12.5 Å². The lowest BCUT2D eigenvalue weighted by molar-refractivity contribution is -0.121. The van der Waals surface area contributed by atoms with E-state index >= 15 is 0 Å². The third-order valence-electron chi connectivity index (χ3n) is 2.66. The van der Waals surface area contributed by atoms with E-state index in [2.05, 4.69) is 5.32 Å². The first-order valence-electron chi connectivity index (χ1n) is 6.10. The maximum absolute atomic E-state index is 11.9. The van der Waals surface area contributed by atoms with Gasteiger partial charge in [-0.05, 0) is 25.1 Å². The van der Waals surface area contributed by atoms with E-state index in [1.807, 2.05) is 6.92 Å². The van der Waals surface area contributed by atoms with E-state index in [1.165, 1.54) is 0 Å². The van der Waals surface area contributed by atoms with Crippen LogP contribution < -0.4 is 14.8 Å². The molecule has 0 saturated carbocycles. The summed E-state index contributed by atoms with van der Waals surface area (Å²) in [4.78, 5) is 11.9. The molecule has 106 valence electrons. The molecular formula is C14H21NO4. The first-order valence-corrected chi connectivity index (χ1v) is 6.10. The lowest BCUT2D eigenvalue weighted by Crippen LogP contribution is -2.36. The molecule has 0 heterocycles. The van der Waals surface area contributed by atoms with Crippen LogP contribution >= 0.6 is 0 Å². The fraction of sp³-hybridized carbons (Fsp3) is 0.500. The van der Waals surface area contributed by atoms with Crippen LogP contribution in [-0.2, 0) is 16.0 Å². The molecule has 1 atom stereocenters. The Morgan fingerprint density at radius 2 is 2.00 bits per heavy atom. The van der Waals surface area contributed by atoms with Crippen LogP contribution in [0.5, 0.6) is 11.5 Å². The Kier molecular flexibility index (Phi) is 6.15. The SMILES string of the molecule is COC[C@H](C)NC(=O)Cc1cc(OC)ccc1OC. The summed E-state index contributed by atoms with van der Waals surface area (Å²) >= 11 is 0. The largest absolute Gasteiger partial charge is 0.497 e. The summed E-state index contributed by atoms with van der Waals surface area (Å²) in [6.45, 7) is 2.38.